The molecule has 2 atom stereocenters. The van der Waals surface area contributed by atoms with E-state index in [2.05, 4.69) is 27.8 Å². The molecule has 3 N–H and O–H groups in total. The van der Waals surface area contributed by atoms with Crippen molar-refractivity contribution in [2.75, 3.05) is 7.11 Å². The highest BCUT2D eigenvalue weighted by Crippen LogP contribution is 2.36. The molecule has 42 heavy (non-hydrogen) atoms. The average Bonchev–Trinajstić information content (AvgIpc) is 3.43. The van der Waals surface area contributed by atoms with E-state index in [0.717, 1.165) is 70.4 Å². The molecule has 1 aliphatic heterocycles. The first-order chi connectivity index (χ1) is 20.6. The van der Waals surface area contributed by atoms with Gasteiger partial charge in [-0.05, 0) is 66.1 Å². The summed E-state index contributed by atoms with van der Waals surface area (Å²) in [6, 6.07) is 24.5. The highest BCUT2D eigenvalue weighted by molar-refractivity contribution is 5.95. The van der Waals surface area contributed by atoms with Crippen LogP contribution in [0.3, 0.4) is 0 Å². The number of ether oxygens (including phenoxy) is 2. The van der Waals surface area contributed by atoms with Gasteiger partial charge < -0.3 is 25.1 Å². The van der Waals surface area contributed by atoms with Gasteiger partial charge in [0, 0.05) is 23.7 Å². The van der Waals surface area contributed by atoms with Gasteiger partial charge in [-0.2, -0.15) is 0 Å². The fourth-order valence-corrected chi connectivity index (χ4v) is 6.10. The summed E-state index contributed by atoms with van der Waals surface area (Å²) in [5.41, 5.74) is 7.72. The Kier molecular flexibility index (Phi) is 8.26. The van der Waals surface area contributed by atoms with Crippen molar-refractivity contribution in [3.8, 4) is 5.75 Å². The minimum absolute atomic E-state index is 0.210. The summed E-state index contributed by atoms with van der Waals surface area (Å²) in [7, 11) is 1.35. The molecule has 0 radical (unpaired) electrons. The predicted octanol–water partition coefficient (Wildman–Crippen LogP) is 5.84. The number of hydrogen-bond donors (Lipinski definition) is 3. The zero-order chi connectivity index (χ0) is 28.9. The standard InChI is InChI=1S/C35H37N3O4/c1-41-35(40)31(20-23-16-18-26(19-17-23)42-22-24-10-4-2-5-11-24)38-34(39)30-21-28-27-14-8-9-15-29(27)36-33(28)32(37-30)25-12-6-3-7-13-25/h2,4-5,8-11,14-19,30-31,36-37H,3,6-7,12-13,20-22H2,1H3,(H,38,39)/t30-,31?/m1/s1. The zero-order valence-corrected chi connectivity index (χ0v) is 24.0. The normalized spacial score (nSPS) is 17.2. The maximum absolute atomic E-state index is 13.8. The van der Waals surface area contributed by atoms with E-state index in [9.17, 15) is 9.59 Å². The number of benzene rings is 3. The predicted molar refractivity (Wildman–Crippen MR) is 164 cm³/mol. The van der Waals surface area contributed by atoms with E-state index in [-0.39, 0.29) is 5.91 Å². The number of methoxy groups -OCH3 is 1. The van der Waals surface area contributed by atoms with Crippen LogP contribution in [0.25, 0.3) is 16.6 Å². The van der Waals surface area contributed by atoms with Gasteiger partial charge in [0.25, 0.3) is 0 Å². The van der Waals surface area contributed by atoms with Crippen LogP contribution in [0.4, 0.5) is 0 Å². The third-order valence-corrected chi connectivity index (χ3v) is 8.33. The lowest BCUT2D eigenvalue weighted by Gasteiger charge is -2.31. The van der Waals surface area contributed by atoms with E-state index in [4.69, 9.17) is 9.47 Å². The molecule has 6 rings (SSSR count). The summed E-state index contributed by atoms with van der Waals surface area (Å²) in [4.78, 5) is 30.2. The van der Waals surface area contributed by atoms with Crippen LogP contribution in [0.15, 0.2) is 84.4 Å². The molecule has 1 aliphatic carbocycles. The molecule has 0 bridgehead atoms. The number of fused-ring (bicyclic) bond motifs is 3. The van der Waals surface area contributed by atoms with Crippen LogP contribution in [-0.4, -0.2) is 36.1 Å². The number of esters is 1. The Morgan fingerprint density at radius 3 is 2.40 bits per heavy atom. The molecule has 216 valence electrons. The summed E-state index contributed by atoms with van der Waals surface area (Å²) in [6.45, 7) is 0.478. The van der Waals surface area contributed by atoms with Gasteiger partial charge >= 0.3 is 5.97 Å². The molecule has 1 fully saturated rings. The molecule has 0 spiro atoms. The smallest absolute Gasteiger partial charge is 0.328 e. The number of carbonyl (C=O) groups is 2. The maximum atomic E-state index is 13.8. The van der Waals surface area contributed by atoms with E-state index in [1.54, 1.807) is 0 Å². The SMILES string of the molecule is COC(=O)C(Cc1ccc(OCc2ccccc2)cc1)NC(=O)[C@H]1Cc2c([nH]c3ccccc23)C(=C2CCCCC2)N1. The maximum Gasteiger partial charge on any atom is 0.328 e. The van der Waals surface area contributed by atoms with Crippen LogP contribution in [0.5, 0.6) is 5.75 Å². The van der Waals surface area contributed by atoms with Crippen molar-refractivity contribution in [3.05, 3.63) is 107 Å². The third-order valence-electron chi connectivity index (χ3n) is 8.33. The van der Waals surface area contributed by atoms with Crippen molar-refractivity contribution in [2.24, 2.45) is 0 Å². The number of para-hydroxylation sites is 1. The minimum atomic E-state index is -0.810. The Hall–Kier alpha value is -4.52. The van der Waals surface area contributed by atoms with E-state index < -0.39 is 18.1 Å². The van der Waals surface area contributed by atoms with Crippen LogP contribution in [-0.2, 0) is 33.8 Å². The molecule has 1 aromatic heterocycles. The Labute approximate surface area is 246 Å². The van der Waals surface area contributed by atoms with Gasteiger partial charge in [-0.25, -0.2) is 4.79 Å². The molecule has 3 aromatic carbocycles. The Morgan fingerprint density at radius 1 is 0.905 bits per heavy atom. The average molecular weight is 564 g/mol. The Balaban J connectivity index is 1.18. The Morgan fingerprint density at radius 2 is 1.64 bits per heavy atom. The van der Waals surface area contributed by atoms with Crippen LogP contribution in [0, 0.1) is 0 Å². The van der Waals surface area contributed by atoms with Gasteiger partial charge in [0.1, 0.15) is 24.4 Å². The molecule has 1 unspecified atom stereocenters. The summed E-state index contributed by atoms with van der Waals surface area (Å²) in [6.07, 6.45) is 6.46. The molecular weight excluding hydrogens is 526 g/mol. The van der Waals surface area contributed by atoms with Gasteiger partial charge in [-0.3, -0.25) is 4.79 Å². The number of nitrogens with one attached hydrogen (secondary N) is 3. The third kappa shape index (κ3) is 6.05. The lowest BCUT2D eigenvalue weighted by atomic mass is 9.88. The molecule has 1 amide bonds. The number of allylic oxidation sites excluding steroid dienone is 1. The first-order valence-corrected chi connectivity index (χ1v) is 14.8. The lowest BCUT2D eigenvalue weighted by Crippen LogP contribution is -2.53. The highest BCUT2D eigenvalue weighted by Gasteiger charge is 2.33. The van der Waals surface area contributed by atoms with Crippen LogP contribution >= 0.6 is 0 Å². The summed E-state index contributed by atoms with van der Waals surface area (Å²) < 4.78 is 11.0. The first kappa shape index (κ1) is 27.6. The second kappa shape index (κ2) is 12.6. The fraction of sp³-hybridized carbons (Fsp3) is 0.314. The number of aromatic amines is 1. The van der Waals surface area contributed by atoms with Crippen molar-refractivity contribution < 1.29 is 19.1 Å². The van der Waals surface area contributed by atoms with Crippen molar-refractivity contribution in [1.29, 1.82) is 0 Å². The van der Waals surface area contributed by atoms with Gasteiger partial charge in [0.2, 0.25) is 5.91 Å². The van der Waals surface area contributed by atoms with Gasteiger partial charge in [-0.15, -0.1) is 0 Å². The zero-order valence-electron chi connectivity index (χ0n) is 24.0. The summed E-state index contributed by atoms with van der Waals surface area (Å²) >= 11 is 0. The van der Waals surface area contributed by atoms with Crippen molar-refractivity contribution in [1.82, 2.24) is 15.6 Å². The molecular formula is C35H37N3O4. The van der Waals surface area contributed by atoms with Crippen LogP contribution in [0.1, 0.15) is 54.5 Å². The molecule has 2 heterocycles. The van der Waals surface area contributed by atoms with Gasteiger partial charge in [-0.1, -0.05) is 67.1 Å². The van der Waals surface area contributed by atoms with Crippen molar-refractivity contribution in [2.45, 2.75) is 63.6 Å². The largest absolute Gasteiger partial charge is 0.489 e. The lowest BCUT2D eigenvalue weighted by molar-refractivity contribution is -0.145. The monoisotopic (exact) mass is 563 g/mol. The fourth-order valence-electron chi connectivity index (χ4n) is 6.10. The van der Waals surface area contributed by atoms with Gasteiger partial charge in [0.05, 0.1) is 18.5 Å². The molecule has 2 aliphatic rings. The minimum Gasteiger partial charge on any atom is -0.489 e. The molecule has 7 heteroatoms. The molecule has 7 nitrogen and oxygen atoms in total. The number of amides is 1. The molecule has 0 saturated heterocycles. The highest BCUT2D eigenvalue weighted by atomic mass is 16.5. The Bertz CT molecular complexity index is 1580. The quantitative estimate of drug-likeness (QED) is 0.235. The number of rotatable bonds is 8. The van der Waals surface area contributed by atoms with Crippen molar-refractivity contribution >= 4 is 28.5 Å². The number of aromatic nitrogens is 1. The number of carbonyl (C=O) groups excluding carboxylic acids is 2. The summed E-state index contributed by atoms with van der Waals surface area (Å²) in [5.74, 6) is 0.0609. The van der Waals surface area contributed by atoms with Crippen LogP contribution in [0.2, 0.25) is 0 Å². The molecule has 4 aromatic rings. The topological polar surface area (TPSA) is 92.4 Å². The van der Waals surface area contributed by atoms with E-state index in [1.807, 2.05) is 66.7 Å². The van der Waals surface area contributed by atoms with Gasteiger partial charge in [0.15, 0.2) is 0 Å². The summed E-state index contributed by atoms with van der Waals surface area (Å²) in [5, 5.41) is 7.71. The second-order valence-electron chi connectivity index (χ2n) is 11.2. The molecule has 1 saturated carbocycles. The van der Waals surface area contributed by atoms with Crippen molar-refractivity contribution in [3.63, 3.8) is 0 Å². The van der Waals surface area contributed by atoms with E-state index >= 15 is 0 Å². The van der Waals surface area contributed by atoms with E-state index in [1.165, 1.54) is 19.1 Å². The number of H-pyrrole nitrogens is 1. The second-order valence-corrected chi connectivity index (χ2v) is 11.2. The van der Waals surface area contributed by atoms with E-state index in [0.29, 0.717) is 19.4 Å². The van der Waals surface area contributed by atoms with Crippen LogP contribution < -0.4 is 15.4 Å². The number of hydrogen-bond acceptors (Lipinski definition) is 5. The first-order valence-electron chi connectivity index (χ1n) is 14.8.